The van der Waals surface area contributed by atoms with Gasteiger partial charge in [0.05, 0.1) is 24.0 Å². The van der Waals surface area contributed by atoms with Crippen molar-refractivity contribution in [2.24, 2.45) is 0 Å². The summed E-state index contributed by atoms with van der Waals surface area (Å²) >= 11 is 0. The van der Waals surface area contributed by atoms with Gasteiger partial charge in [-0.1, -0.05) is 6.08 Å². The van der Waals surface area contributed by atoms with Gasteiger partial charge < -0.3 is 10.6 Å². The zero-order valence-electron chi connectivity index (χ0n) is 12.4. The van der Waals surface area contributed by atoms with Crippen molar-refractivity contribution in [2.75, 3.05) is 11.9 Å². The lowest BCUT2D eigenvalue weighted by Crippen LogP contribution is -2.23. The van der Waals surface area contributed by atoms with Crippen molar-refractivity contribution in [3.05, 3.63) is 66.8 Å². The van der Waals surface area contributed by atoms with Crippen molar-refractivity contribution in [3.63, 3.8) is 0 Å². The highest BCUT2D eigenvalue weighted by atomic mass is 16.1. The highest BCUT2D eigenvalue weighted by Gasteiger charge is 2.06. The number of nitrogens with zero attached hydrogens (tertiary/aromatic N) is 4. The molecule has 3 heterocycles. The van der Waals surface area contributed by atoms with E-state index >= 15 is 0 Å². The van der Waals surface area contributed by atoms with E-state index < -0.39 is 0 Å². The van der Waals surface area contributed by atoms with Crippen LogP contribution in [0.4, 0.5) is 5.82 Å². The van der Waals surface area contributed by atoms with E-state index in [2.05, 4.69) is 32.3 Å². The molecule has 0 unspecified atom stereocenters. The van der Waals surface area contributed by atoms with Crippen LogP contribution in [0.2, 0.25) is 0 Å². The molecule has 1 amide bonds. The first-order valence-electron chi connectivity index (χ1n) is 7.14. The lowest BCUT2D eigenvalue weighted by atomic mass is 10.2. The molecule has 0 atom stereocenters. The fourth-order valence-electron chi connectivity index (χ4n) is 2.10. The molecule has 0 aliphatic heterocycles. The zero-order valence-corrected chi connectivity index (χ0v) is 12.4. The van der Waals surface area contributed by atoms with Crippen LogP contribution >= 0.6 is 0 Å². The lowest BCUT2D eigenvalue weighted by molar-refractivity contribution is 0.0957. The molecule has 0 aromatic carbocycles. The third-order valence-electron chi connectivity index (χ3n) is 3.25. The third-order valence-corrected chi connectivity index (χ3v) is 3.25. The molecule has 3 rings (SSSR count). The van der Waals surface area contributed by atoms with Gasteiger partial charge in [-0.3, -0.25) is 4.79 Å². The molecule has 0 saturated heterocycles. The summed E-state index contributed by atoms with van der Waals surface area (Å²) < 4.78 is 1.77. The van der Waals surface area contributed by atoms with E-state index in [0.29, 0.717) is 24.5 Å². The molecule has 2 N–H and O–H groups in total. The average molecular weight is 308 g/mol. The summed E-state index contributed by atoms with van der Waals surface area (Å²) in [6.45, 7) is 4.54. The number of carbonyl (C=O) groups is 1. The zero-order chi connectivity index (χ0) is 16.1. The number of aromatic nitrogens is 4. The number of amides is 1. The van der Waals surface area contributed by atoms with Crippen LogP contribution in [-0.2, 0) is 6.54 Å². The monoisotopic (exact) mass is 308 g/mol. The van der Waals surface area contributed by atoms with Crippen LogP contribution in [0.25, 0.3) is 5.65 Å². The second-order valence-corrected chi connectivity index (χ2v) is 4.82. The first kappa shape index (κ1) is 14.7. The number of nitrogens with one attached hydrogen (secondary N) is 2. The van der Waals surface area contributed by atoms with Gasteiger partial charge in [-0.2, -0.15) is 5.10 Å². The average Bonchev–Trinajstić information content (AvgIpc) is 3.07. The van der Waals surface area contributed by atoms with Crippen LogP contribution in [0, 0.1) is 0 Å². The van der Waals surface area contributed by atoms with Crippen molar-refractivity contribution in [1.82, 2.24) is 24.9 Å². The molecule has 7 nitrogen and oxygen atoms in total. The Labute approximate surface area is 133 Å². The molecule has 7 heteroatoms. The Bertz CT molecular complexity index is 824. The lowest BCUT2D eigenvalue weighted by Gasteiger charge is -2.08. The maximum atomic E-state index is 11.8. The fourth-order valence-corrected chi connectivity index (χ4v) is 2.10. The predicted octanol–water partition coefficient (Wildman–Crippen LogP) is 1.65. The number of anilines is 1. The van der Waals surface area contributed by atoms with Gasteiger partial charge in [-0.25, -0.2) is 14.5 Å². The molecule has 0 fully saturated rings. The summed E-state index contributed by atoms with van der Waals surface area (Å²) in [6, 6.07) is 7.23. The van der Waals surface area contributed by atoms with Crippen molar-refractivity contribution < 1.29 is 4.79 Å². The molecule has 0 radical (unpaired) electrons. The normalized spacial score (nSPS) is 10.4. The molecular formula is C16H16N6O. The van der Waals surface area contributed by atoms with Gasteiger partial charge in [0.15, 0.2) is 5.65 Å². The largest absolute Gasteiger partial charge is 0.364 e. The van der Waals surface area contributed by atoms with Gasteiger partial charge in [-0.05, 0) is 18.2 Å². The summed E-state index contributed by atoms with van der Waals surface area (Å²) in [4.78, 5) is 20.2. The van der Waals surface area contributed by atoms with Crippen LogP contribution < -0.4 is 10.6 Å². The van der Waals surface area contributed by atoms with Crippen LogP contribution in [0.3, 0.4) is 0 Å². The van der Waals surface area contributed by atoms with E-state index in [1.807, 2.05) is 12.1 Å². The van der Waals surface area contributed by atoms with Gasteiger partial charge in [0.1, 0.15) is 5.82 Å². The minimum Gasteiger partial charge on any atom is -0.364 e. The van der Waals surface area contributed by atoms with E-state index in [1.165, 1.54) is 6.20 Å². The molecule has 3 aromatic heterocycles. The Kier molecular flexibility index (Phi) is 4.28. The highest BCUT2D eigenvalue weighted by molar-refractivity contribution is 5.94. The Hall–Kier alpha value is -3.22. The van der Waals surface area contributed by atoms with E-state index in [4.69, 9.17) is 0 Å². The van der Waals surface area contributed by atoms with E-state index in [9.17, 15) is 4.79 Å². The fraction of sp³-hybridized carbons (Fsp3) is 0.125. The Morgan fingerprint density at radius 2 is 2.13 bits per heavy atom. The van der Waals surface area contributed by atoms with Gasteiger partial charge in [0.25, 0.3) is 5.91 Å². The molecule has 0 aliphatic rings. The quantitative estimate of drug-likeness (QED) is 0.676. The van der Waals surface area contributed by atoms with Crippen molar-refractivity contribution in [1.29, 1.82) is 0 Å². The predicted molar refractivity (Wildman–Crippen MR) is 87.1 cm³/mol. The molecule has 0 aliphatic carbocycles. The molecular weight excluding hydrogens is 292 g/mol. The van der Waals surface area contributed by atoms with Crippen LogP contribution in [0.1, 0.15) is 16.1 Å². The molecule has 23 heavy (non-hydrogen) atoms. The van der Waals surface area contributed by atoms with Crippen molar-refractivity contribution in [3.8, 4) is 0 Å². The van der Waals surface area contributed by atoms with Gasteiger partial charge in [0.2, 0.25) is 0 Å². The first-order valence-corrected chi connectivity index (χ1v) is 7.14. The minimum atomic E-state index is -0.170. The van der Waals surface area contributed by atoms with E-state index in [-0.39, 0.29) is 5.91 Å². The number of fused-ring (bicyclic) bond motifs is 1. The Morgan fingerprint density at radius 3 is 2.91 bits per heavy atom. The third kappa shape index (κ3) is 3.34. The van der Waals surface area contributed by atoms with E-state index in [0.717, 1.165) is 11.3 Å². The molecule has 3 aromatic rings. The molecule has 0 bridgehead atoms. The minimum absolute atomic E-state index is 0.170. The number of pyridine rings is 1. The number of hydrogen-bond donors (Lipinski definition) is 2. The van der Waals surface area contributed by atoms with Crippen LogP contribution in [0.5, 0.6) is 0 Å². The Morgan fingerprint density at radius 1 is 1.22 bits per heavy atom. The van der Waals surface area contributed by atoms with Crippen LogP contribution in [0.15, 0.2) is 55.5 Å². The first-order chi connectivity index (χ1) is 11.3. The summed E-state index contributed by atoms with van der Waals surface area (Å²) in [5.74, 6) is 0.513. The SMILES string of the molecule is C=CCNC(=O)c1ccc(NCc2ccnc3ccnn23)nc1. The molecule has 0 spiro atoms. The second-order valence-electron chi connectivity index (χ2n) is 4.82. The summed E-state index contributed by atoms with van der Waals surface area (Å²) in [5.41, 5.74) is 2.27. The topological polar surface area (TPSA) is 84.2 Å². The number of rotatable bonds is 6. The standard InChI is InChI=1S/C16H16N6O/c1-2-7-18-16(23)12-3-4-14(19-10-12)20-11-13-5-8-17-15-6-9-21-22(13)15/h2-6,8-10H,1,7,11H2,(H,18,23)(H,19,20). The summed E-state index contributed by atoms with van der Waals surface area (Å²) in [6.07, 6.45) is 6.62. The second kappa shape index (κ2) is 6.69. The summed E-state index contributed by atoms with van der Waals surface area (Å²) in [5, 5.41) is 10.1. The van der Waals surface area contributed by atoms with Gasteiger partial charge >= 0.3 is 0 Å². The number of carbonyl (C=O) groups excluding carboxylic acids is 1. The smallest absolute Gasteiger partial charge is 0.253 e. The maximum Gasteiger partial charge on any atom is 0.253 e. The molecule has 0 saturated carbocycles. The summed E-state index contributed by atoms with van der Waals surface area (Å²) in [7, 11) is 0. The molecule has 116 valence electrons. The number of hydrogen-bond acceptors (Lipinski definition) is 5. The Balaban J connectivity index is 1.66. The van der Waals surface area contributed by atoms with Crippen molar-refractivity contribution in [2.45, 2.75) is 6.54 Å². The van der Waals surface area contributed by atoms with E-state index in [1.54, 1.807) is 35.1 Å². The van der Waals surface area contributed by atoms with Gasteiger partial charge in [-0.15, -0.1) is 6.58 Å². The maximum absolute atomic E-state index is 11.8. The highest BCUT2D eigenvalue weighted by Crippen LogP contribution is 2.08. The van der Waals surface area contributed by atoms with Crippen LogP contribution in [-0.4, -0.2) is 32.0 Å². The van der Waals surface area contributed by atoms with Gasteiger partial charge in [0, 0.05) is 25.0 Å². The van der Waals surface area contributed by atoms with Crippen molar-refractivity contribution >= 4 is 17.4 Å².